The summed E-state index contributed by atoms with van der Waals surface area (Å²) in [5.41, 5.74) is 4.64. The Hall–Kier alpha value is -8.07. The lowest BCUT2D eigenvalue weighted by Gasteiger charge is -2.45. The van der Waals surface area contributed by atoms with Crippen molar-refractivity contribution in [2.75, 3.05) is 48.6 Å². The summed E-state index contributed by atoms with van der Waals surface area (Å²) in [6.07, 6.45) is 13.2. The van der Waals surface area contributed by atoms with Crippen molar-refractivity contribution in [3.63, 3.8) is 0 Å². The molecule has 6 aromatic rings. The first-order chi connectivity index (χ1) is 48.9. The van der Waals surface area contributed by atoms with Crippen molar-refractivity contribution >= 4 is 63.0 Å². The van der Waals surface area contributed by atoms with Gasteiger partial charge in [-0.1, -0.05) is 210 Å². The van der Waals surface area contributed by atoms with Crippen molar-refractivity contribution < 1.29 is 86.5 Å². The first-order valence-electron chi connectivity index (χ1n) is 34.8. The van der Waals surface area contributed by atoms with Crippen LogP contribution in [-0.2, 0) is 37.6 Å². The van der Waals surface area contributed by atoms with Gasteiger partial charge in [-0.2, -0.15) is 0 Å². The minimum absolute atomic E-state index is 0.0339. The fraction of sp³-hybridized carbons (Fsp3) is 0.398. The first kappa shape index (κ1) is 82.2. The molecule has 0 saturated carbocycles. The van der Waals surface area contributed by atoms with Gasteiger partial charge >= 0.3 is 11.9 Å². The summed E-state index contributed by atoms with van der Waals surface area (Å²) >= 11 is 0. The maximum Gasteiger partial charge on any atom is 0.342 e. The molecule has 2 unspecified atom stereocenters. The highest BCUT2D eigenvalue weighted by molar-refractivity contribution is 6.99. The number of carboxylic acid groups (broad SMARTS) is 1. The van der Waals surface area contributed by atoms with Gasteiger partial charge in [0.1, 0.15) is 58.5 Å². The van der Waals surface area contributed by atoms with Gasteiger partial charge < -0.3 is 77.0 Å². The number of carboxylic acids is 1. The molecule has 2 saturated heterocycles. The Labute approximate surface area is 610 Å². The molecule has 18 nitrogen and oxygen atoms in total. The summed E-state index contributed by atoms with van der Waals surface area (Å²) in [5, 5.41) is 45.2. The molecule has 2 aliphatic rings. The van der Waals surface area contributed by atoms with Gasteiger partial charge in [0.15, 0.2) is 25.2 Å². The topological polar surface area (TPSA) is 226 Å². The van der Waals surface area contributed by atoms with Crippen LogP contribution < -0.4 is 29.3 Å². The number of hydrogen-bond donors (Lipinski definition) is 4. The lowest BCUT2D eigenvalue weighted by Crippen LogP contribution is -2.67. The van der Waals surface area contributed by atoms with Gasteiger partial charge in [0, 0.05) is 34.4 Å². The van der Waals surface area contributed by atoms with Crippen molar-refractivity contribution in [1.82, 2.24) is 0 Å². The predicted molar refractivity (Wildman–Crippen MR) is 410 cm³/mol. The standard InChI is InChI=1S/C52H68O9Si2.C31H38O9/c1-38(61-63(51(2,3)4,43-25-17-13-18-26-43)44-27-19-14-20-28-44)40(34-39-22-15-12-16-23-39)30-31-45(53)49-46(59-52(5,6)60-49)29-21-24-41-35-42(56-8)36-47(58-37-55-7)48(41)50(54)57-32-33-62(9,10)11;1-20(32)22(16-21-10-7-6-8-11-21)14-15-25(33)29-26(39-31(2,3)40-29)13-9-12-23-17-24(37-5)18-27(38-19-36-4)28(23)30(34)35/h12-28,30-31,34-36,38,45-46,49,53H,29,32-33,37H2,1-11H3;6-12,14-18,20,25-26,29,32-33H,13,19H2,1-5H3,(H,34,35)/b24-21+,31-30-,40-34-;12-9+,15-14-,22-16-/t38-,45?,46-,49+;20-,25?,26-,29+/m00/s1. The van der Waals surface area contributed by atoms with Crippen LogP contribution >= 0.6 is 0 Å². The largest absolute Gasteiger partial charge is 0.497 e. The predicted octanol–water partition coefficient (Wildman–Crippen LogP) is 14.7. The number of aliphatic hydroxyl groups is 3. The summed E-state index contributed by atoms with van der Waals surface area (Å²) in [6.45, 7) is 24.6. The number of ether oxygens (including phenoxy) is 11. The second-order valence-electron chi connectivity index (χ2n) is 28.5. The minimum atomic E-state index is -2.93. The molecule has 2 aliphatic heterocycles. The van der Waals surface area contributed by atoms with E-state index in [9.17, 15) is 30.0 Å². The summed E-state index contributed by atoms with van der Waals surface area (Å²) in [5.74, 6) is -2.20. The Balaban J connectivity index is 0.000000319. The molecule has 103 heavy (non-hydrogen) atoms. The van der Waals surface area contributed by atoms with E-state index in [0.717, 1.165) is 22.7 Å². The molecule has 0 aliphatic carbocycles. The molecule has 2 fully saturated rings. The van der Waals surface area contributed by atoms with Crippen LogP contribution in [0.1, 0.15) is 118 Å². The van der Waals surface area contributed by atoms with Crippen LogP contribution in [-0.4, -0.2) is 158 Å². The highest BCUT2D eigenvalue weighted by Crippen LogP contribution is 2.41. The SMILES string of the molecule is COCOc1cc(OC)cc(/C=C/C[C@@H]2OC(C)(C)O[C@@H]2C(O)/C=C\C(=C\c2ccccc2)[C@H](C)O)c1C(=O)O.COCOc1cc(OC)cc(/C=C/C[C@@H]2OC(C)(C)O[C@@H]2C(O)/C=C\C(=C\c2ccccc2)[C@H](C)O[Si](c2ccccc2)(c2ccccc2)C(C)(C)C)c1C(=O)OCC[Si](C)(C)C. The normalized spacial score (nSPS) is 19.1. The van der Waals surface area contributed by atoms with Crippen molar-refractivity contribution in [2.24, 2.45) is 0 Å². The van der Waals surface area contributed by atoms with E-state index in [4.69, 9.17) is 56.5 Å². The molecular formula is C83H106O18Si2. The Morgan fingerprint density at radius 1 is 0.573 bits per heavy atom. The van der Waals surface area contributed by atoms with Crippen LogP contribution in [0.4, 0.5) is 0 Å². The molecule has 8 atom stereocenters. The number of carbonyl (C=O) groups excluding carboxylic acids is 1. The molecule has 6 aromatic carbocycles. The molecule has 0 aromatic heterocycles. The summed E-state index contributed by atoms with van der Waals surface area (Å²) in [6, 6.07) is 48.3. The summed E-state index contributed by atoms with van der Waals surface area (Å²) in [4.78, 5) is 25.7. The monoisotopic (exact) mass is 1450 g/mol. The molecule has 0 spiro atoms. The van der Waals surface area contributed by atoms with E-state index in [1.165, 1.54) is 37.8 Å². The van der Waals surface area contributed by atoms with Crippen molar-refractivity contribution in [3.05, 3.63) is 227 Å². The molecule has 20 heteroatoms. The third kappa shape index (κ3) is 23.7. The Bertz CT molecular complexity index is 3810. The Kier molecular flexibility index (Phi) is 30.4. The average Bonchev–Trinajstić information content (AvgIpc) is 1.75. The van der Waals surface area contributed by atoms with E-state index in [0.29, 0.717) is 53.4 Å². The van der Waals surface area contributed by atoms with Crippen LogP contribution in [0.5, 0.6) is 23.0 Å². The van der Waals surface area contributed by atoms with E-state index < -0.39 is 82.6 Å². The molecule has 2 heterocycles. The zero-order valence-corrected chi connectivity index (χ0v) is 64.5. The number of aromatic carboxylic acids is 1. The van der Waals surface area contributed by atoms with Gasteiger partial charge in [-0.25, -0.2) is 9.59 Å². The number of aliphatic hydroxyl groups excluding tert-OH is 3. The second kappa shape index (κ2) is 38.1. The number of methoxy groups -OCH3 is 4. The number of hydrogen-bond acceptors (Lipinski definition) is 17. The molecule has 554 valence electrons. The van der Waals surface area contributed by atoms with Gasteiger partial charge in [-0.15, -0.1) is 0 Å². The Morgan fingerprint density at radius 2 is 0.981 bits per heavy atom. The number of esters is 1. The van der Waals surface area contributed by atoms with Crippen LogP contribution in [0.15, 0.2) is 193 Å². The molecule has 0 radical (unpaired) electrons. The number of carbonyl (C=O) groups is 2. The fourth-order valence-electron chi connectivity index (χ4n) is 12.2. The van der Waals surface area contributed by atoms with Crippen LogP contribution in [0, 0.1) is 0 Å². The van der Waals surface area contributed by atoms with E-state index in [1.807, 2.05) is 98.8 Å². The molecule has 8 rings (SSSR count). The Morgan fingerprint density at radius 3 is 1.38 bits per heavy atom. The zero-order valence-electron chi connectivity index (χ0n) is 62.5. The van der Waals surface area contributed by atoms with Crippen LogP contribution in [0.25, 0.3) is 24.3 Å². The summed E-state index contributed by atoms with van der Waals surface area (Å²) < 4.78 is 70.5. The first-order valence-corrected chi connectivity index (χ1v) is 40.4. The van der Waals surface area contributed by atoms with Crippen molar-refractivity contribution in [3.8, 4) is 23.0 Å². The quantitative estimate of drug-likeness (QED) is 0.0130. The minimum Gasteiger partial charge on any atom is -0.497 e. The lowest BCUT2D eigenvalue weighted by atomic mass is 10.0. The van der Waals surface area contributed by atoms with Gasteiger partial charge in [-0.3, -0.25) is 0 Å². The highest BCUT2D eigenvalue weighted by atomic mass is 28.4. The van der Waals surface area contributed by atoms with E-state index >= 15 is 0 Å². The molecule has 4 N–H and O–H groups in total. The van der Waals surface area contributed by atoms with Crippen molar-refractivity contribution in [2.45, 2.75) is 166 Å². The van der Waals surface area contributed by atoms with E-state index in [2.05, 4.69) is 114 Å². The number of rotatable bonds is 33. The third-order valence-corrected chi connectivity index (χ3v) is 24.1. The smallest absolute Gasteiger partial charge is 0.342 e. The maximum atomic E-state index is 13.6. The van der Waals surface area contributed by atoms with Crippen LogP contribution in [0.3, 0.4) is 0 Å². The zero-order chi connectivity index (χ0) is 75.1. The van der Waals surface area contributed by atoms with E-state index in [1.54, 1.807) is 76.5 Å². The maximum absolute atomic E-state index is 13.6. The van der Waals surface area contributed by atoms with Gasteiger partial charge in [0.25, 0.3) is 8.32 Å². The van der Waals surface area contributed by atoms with Gasteiger partial charge in [-0.05, 0) is 134 Å². The lowest BCUT2D eigenvalue weighted by molar-refractivity contribution is -0.152. The number of benzene rings is 6. The second-order valence-corrected chi connectivity index (χ2v) is 38.4. The van der Waals surface area contributed by atoms with Gasteiger partial charge in [0.2, 0.25) is 0 Å². The highest BCUT2D eigenvalue weighted by Gasteiger charge is 2.52. The average molecular weight is 1450 g/mol. The molecule has 0 bridgehead atoms. The fourth-order valence-corrected chi connectivity index (χ4v) is 17.6. The van der Waals surface area contributed by atoms with Crippen LogP contribution in [0.2, 0.25) is 30.7 Å². The molecule has 0 amide bonds. The molecular weight excluding hydrogens is 1340 g/mol. The van der Waals surface area contributed by atoms with Gasteiger partial charge in [0.05, 0.1) is 45.2 Å². The van der Waals surface area contributed by atoms with E-state index in [-0.39, 0.29) is 41.6 Å². The van der Waals surface area contributed by atoms with Crippen molar-refractivity contribution in [1.29, 1.82) is 0 Å². The third-order valence-electron chi connectivity index (χ3n) is 17.3. The summed E-state index contributed by atoms with van der Waals surface area (Å²) in [7, 11) is 1.62.